The number of nitrogens with two attached hydrogens (primary N) is 1. The Morgan fingerprint density at radius 1 is 1.05 bits per heavy atom. The van der Waals surface area contributed by atoms with Crippen molar-refractivity contribution in [3.05, 3.63) is 53.6 Å². The van der Waals surface area contributed by atoms with E-state index in [9.17, 15) is 0 Å². The van der Waals surface area contributed by atoms with Crippen LogP contribution >= 0.6 is 0 Å². The summed E-state index contributed by atoms with van der Waals surface area (Å²) in [6.45, 7) is 4.12. The molecule has 2 aromatic rings. The first-order valence-corrected chi connectivity index (χ1v) is 7.30. The quantitative estimate of drug-likeness (QED) is 0.870. The summed E-state index contributed by atoms with van der Waals surface area (Å²) in [6, 6.07) is 14.1. The molecule has 0 aliphatic carbocycles. The normalized spacial score (nSPS) is 12.0. The van der Waals surface area contributed by atoms with E-state index >= 15 is 0 Å². The molecule has 21 heavy (non-hydrogen) atoms. The van der Waals surface area contributed by atoms with Crippen molar-refractivity contribution in [3.63, 3.8) is 0 Å². The summed E-state index contributed by atoms with van der Waals surface area (Å²) in [5, 5.41) is 0. The van der Waals surface area contributed by atoms with Gasteiger partial charge in [-0.2, -0.15) is 0 Å². The van der Waals surface area contributed by atoms with Crippen LogP contribution in [0.3, 0.4) is 0 Å². The molecule has 0 aliphatic rings. The number of hydrogen-bond donors (Lipinski definition) is 1. The third-order valence-electron chi connectivity index (χ3n) is 3.52. The molecule has 0 aromatic heterocycles. The lowest BCUT2D eigenvalue weighted by Gasteiger charge is -2.16. The van der Waals surface area contributed by atoms with Crippen molar-refractivity contribution in [1.82, 2.24) is 0 Å². The van der Waals surface area contributed by atoms with Gasteiger partial charge in [0.15, 0.2) is 11.5 Å². The Labute approximate surface area is 126 Å². The maximum Gasteiger partial charge on any atom is 0.169 e. The zero-order chi connectivity index (χ0) is 15.2. The number of benzene rings is 2. The van der Waals surface area contributed by atoms with Crippen LogP contribution in [-0.2, 0) is 6.42 Å². The molecular weight excluding hydrogens is 262 g/mol. The Morgan fingerprint density at radius 2 is 1.81 bits per heavy atom. The number of para-hydroxylation sites is 1. The fourth-order valence-corrected chi connectivity index (χ4v) is 2.18. The maximum absolute atomic E-state index is 6.06. The van der Waals surface area contributed by atoms with Crippen molar-refractivity contribution in [1.29, 1.82) is 0 Å². The molecule has 0 heterocycles. The average Bonchev–Trinajstić information content (AvgIpc) is 2.50. The third-order valence-corrected chi connectivity index (χ3v) is 3.52. The largest absolute Gasteiger partial charge is 0.493 e. The van der Waals surface area contributed by atoms with E-state index in [4.69, 9.17) is 15.2 Å². The summed E-state index contributed by atoms with van der Waals surface area (Å²) < 4.78 is 11.4. The number of aryl methyl sites for hydroxylation is 1. The molecular formula is C18H23NO2. The molecule has 0 bridgehead atoms. The molecule has 0 spiro atoms. The van der Waals surface area contributed by atoms with E-state index in [-0.39, 0.29) is 6.04 Å². The van der Waals surface area contributed by atoms with Gasteiger partial charge in [-0.05, 0) is 49.1 Å². The molecule has 1 atom stereocenters. The van der Waals surface area contributed by atoms with Gasteiger partial charge in [0.1, 0.15) is 5.75 Å². The smallest absolute Gasteiger partial charge is 0.169 e. The first kappa shape index (κ1) is 15.4. The van der Waals surface area contributed by atoms with Gasteiger partial charge >= 0.3 is 0 Å². The summed E-state index contributed by atoms with van der Waals surface area (Å²) in [4.78, 5) is 0. The molecule has 0 fully saturated rings. The molecule has 0 saturated carbocycles. The Hall–Kier alpha value is -2.00. The highest BCUT2D eigenvalue weighted by Gasteiger charge is 2.11. The molecule has 0 radical (unpaired) electrons. The Balaban J connectivity index is 2.27. The van der Waals surface area contributed by atoms with Gasteiger partial charge in [-0.25, -0.2) is 0 Å². The van der Waals surface area contributed by atoms with Crippen LogP contribution in [0.5, 0.6) is 17.2 Å². The topological polar surface area (TPSA) is 44.5 Å². The van der Waals surface area contributed by atoms with E-state index in [1.807, 2.05) is 43.3 Å². The van der Waals surface area contributed by atoms with Gasteiger partial charge < -0.3 is 15.2 Å². The third kappa shape index (κ3) is 3.99. The van der Waals surface area contributed by atoms with Gasteiger partial charge in [0.2, 0.25) is 0 Å². The molecule has 2 rings (SSSR count). The predicted octanol–water partition coefficient (Wildman–Crippen LogP) is 4.08. The summed E-state index contributed by atoms with van der Waals surface area (Å²) >= 11 is 0. The molecule has 3 heteroatoms. The summed E-state index contributed by atoms with van der Waals surface area (Å²) in [5.74, 6) is 2.30. The van der Waals surface area contributed by atoms with Crippen molar-refractivity contribution >= 4 is 0 Å². The van der Waals surface area contributed by atoms with Gasteiger partial charge in [-0.1, -0.05) is 31.2 Å². The summed E-state index contributed by atoms with van der Waals surface area (Å²) in [6.07, 6.45) is 1.75. The first-order chi connectivity index (χ1) is 10.1. The van der Waals surface area contributed by atoms with Crippen molar-refractivity contribution < 1.29 is 9.47 Å². The second-order valence-electron chi connectivity index (χ2n) is 5.24. The Morgan fingerprint density at radius 3 is 2.52 bits per heavy atom. The second-order valence-corrected chi connectivity index (χ2v) is 5.24. The minimum atomic E-state index is 0.148. The van der Waals surface area contributed by atoms with Gasteiger partial charge in [0.05, 0.1) is 7.11 Å². The SMILES string of the molecule is CCC(N)Cc1ccccc1Oc1ccc(C)cc1OC. The van der Waals surface area contributed by atoms with Gasteiger partial charge in [-0.3, -0.25) is 0 Å². The number of rotatable bonds is 6. The fraction of sp³-hybridized carbons (Fsp3) is 0.333. The first-order valence-electron chi connectivity index (χ1n) is 7.30. The molecule has 0 aliphatic heterocycles. The van der Waals surface area contributed by atoms with Crippen LogP contribution < -0.4 is 15.2 Å². The molecule has 3 nitrogen and oxygen atoms in total. The lowest BCUT2D eigenvalue weighted by atomic mass is 10.0. The minimum absolute atomic E-state index is 0.148. The highest BCUT2D eigenvalue weighted by atomic mass is 16.5. The predicted molar refractivity (Wildman–Crippen MR) is 86.2 cm³/mol. The van der Waals surface area contributed by atoms with Gasteiger partial charge in [0, 0.05) is 6.04 Å². The van der Waals surface area contributed by atoms with E-state index < -0.39 is 0 Å². The molecule has 2 aromatic carbocycles. The average molecular weight is 285 g/mol. The number of hydrogen-bond acceptors (Lipinski definition) is 3. The van der Waals surface area contributed by atoms with Crippen LogP contribution in [0.15, 0.2) is 42.5 Å². The van der Waals surface area contributed by atoms with Crippen LogP contribution in [-0.4, -0.2) is 13.2 Å². The van der Waals surface area contributed by atoms with Gasteiger partial charge in [0.25, 0.3) is 0 Å². The van der Waals surface area contributed by atoms with Crippen LogP contribution in [0.2, 0.25) is 0 Å². The monoisotopic (exact) mass is 285 g/mol. The lowest BCUT2D eigenvalue weighted by molar-refractivity contribution is 0.377. The van der Waals surface area contributed by atoms with E-state index in [0.29, 0.717) is 0 Å². The maximum atomic E-state index is 6.06. The highest BCUT2D eigenvalue weighted by Crippen LogP contribution is 2.34. The van der Waals surface area contributed by atoms with Crippen molar-refractivity contribution in [2.24, 2.45) is 5.73 Å². The zero-order valence-electron chi connectivity index (χ0n) is 12.9. The van der Waals surface area contributed by atoms with E-state index in [1.165, 1.54) is 0 Å². The van der Waals surface area contributed by atoms with Crippen molar-refractivity contribution in [2.45, 2.75) is 32.7 Å². The standard InChI is InChI=1S/C18H23NO2/c1-4-15(19)12-14-7-5-6-8-16(14)21-17-10-9-13(2)11-18(17)20-3/h5-11,15H,4,12,19H2,1-3H3. The molecule has 1 unspecified atom stereocenters. The van der Waals surface area contributed by atoms with Crippen molar-refractivity contribution in [3.8, 4) is 17.2 Å². The second kappa shape index (κ2) is 7.14. The molecule has 0 amide bonds. The van der Waals surface area contributed by atoms with Crippen LogP contribution in [0, 0.1) is 6.92 Å². The van der Waals surface area contributed by atoms with Crippen LogP contribution in [0.1, 0.15) is 24.5 Å². The number of ether oxygens (including phenoxy) is 2. The summed E-state index contributed by atoms with van der Waals surface area (Å²) in [5.41, 5.74) is 8.32. The van der Waals surface area contributed by atoms with E-state index in [0.717, 1.165) is 41.2 Å². The minimum Gasteiger partial charge on any atom is -0.493 e. The molecule has 2 N–H and O–H groups in total. The van der Waals surface area contributed by atoms with E-state index in [1.54, 1.807) is 7.11 Å². The van der Waals surface area contributed by atoms with E-state index in [2.05, 4.69) is 13.0 Å². The lowest BCUT2D eigenvalue weighted by Crippen LogP contribution is -2.21. The van der Waals surface area contributed by atoms with Gasteiger partial charge in [-0.15, -0.1) is 0 Å². The zero-order valence-corrected chi connectivity index (χ0v) is 12.9. The Kier molecular flexibility index (Phi) is 5.23. The Bertz CT molecular complexity index is 596. The summed E-state index contributed by atoms with van der Waals surface area (Å²) in [7, 11) is 1.65. The molecule has 0 saturated heterocycles. The number of methoxy groups -OCH3 is 1. The van der Waals surface area contributed by atoms with Crippen LogP contribution in [0.4, 0.5) is 0 Å². The highest BCUT2D eigenvalue weighted by molar-refractivity contribution is 5.46. The van der Waals surface area contributed by atoms with Crippen molar-refractivity contribution in [2.75, 3.05) is 7.11 Å². The van der Waals surface area contributed by atoms with Crippen LogP contribution in [0.25, 0.3) is 0 Å². The molecule has 112 valence electrons. The fourth-order valence-electron chi connectivity index (χ4n) is 2.18.